The Morgan fingerprint density at radius 2 is 2.00 bits per heavy atom. The van der Waals surface area contributed by atoms with Crippen molar-refractivity contribution in [3.63, 3.8) is 0 Å². The van der Waals surface area contributed by atoms with Crippen molar-refractivity contribution in [1.29, 1.82) is 0 Å². The van der Waals surface area contributed by atoms with Gasteiger partial charge in [-0.15, -0.1) is 11.8 Å². The molecule has 0 aliphatic carbocycles. The van der Waals surface area contributed by atoms with Crippen LogP contribution < -0.4 is 5.73 Å². The quantitative estimate of drug-likeness (QED) is 0.466. The van der Waals surface area contributed by atoms with Gasteiger partial charge >= 0.3 is 5.97 Å². The zero-order valence-electron chi connectivity index (χ0n) is 11.3. The maximum atomic E-state index is 11.4. The SMILES string of the molecule is COC(=O)C(C)(N)CCCCSc1ccc(Br)cc1. The van der Waals surface area contributed by atoms with Crippen LogP contribution in [0.3, 0.4) is 0 Å². The minimum Gasteiger partial charge on any atom is -0.468 e. The number of hydrogen-bond donors (Lipinski definition) is 1. The molecule has 106 valence electrons. The van der Waals surface area contributed by atoms with Crippen LogP contribution in [-0.2, 0) is 9.53 Å². The van der Waals surface area contributed by atoms with Gasteiger partial charge in [-0.1, -0.05) is 22.4 Å². The normalized spacial score (nSPS) is 13.9. The van der Waals surface area contributed by atoms with E-state index in [1.807, 2.05) is 23.9 Å². The van der Waals surface area contributed by atoms with Crippen LogP contribution in [0.15, 0.2) is 33.6 Å². The molecule has 0 saturated heterocycles. The van der Waals surface area contributed by atoms with Crippen molar-refractivity contribution in [3.05, 3.63) is 28.7 Å². The molecule has 19 heavy (non-hydrogen) atoms. The monoisotopic (exact) mass is 345 g/mol. The van der Waals surface area contributed by atoms with E-state index < -0.39 is 5.54 Å². The largest absolute Gasteiger partial charge is 0.468 e. The molecule has 2 N–H and O–H groups in total. The van der Waals surface area contributed by atoms with E-state index in [0.717, 1.165) is 23.1 Å². The van der Waals surface area contributed by atoms with Crippen LogP contribution in [0.2, 0.25) is 0 Å². The average Bonchev–Trinajstić information content (AvgIpc) is 2.39. The minimum absolute atomic E-state index is 0.340. The van der Waals surface area contributed by atoms with E-state index in [1.165, 1.54) is 12.0 Å². The lowest BCUT2D eigenvalue weighted by molar-refractivity contribution is -0.146. The van der Waals surface area contributed by atoms with Gasteiger partial charge in [-0.3, -0.25) is 4.79 Å². The van der Waals surface area contributed by atoms with Crippen molar-refractivity contribution >= 4 is 33.7 Å². The molecule has 1 aromatic rings. The Bertz CT molecular complexity index is 406. The number of methoxy groups -OCH3 is 1. The predicted molar refractivity (Wildman–Crippen MR) is 83.3 cm³/mol. The van der Waals surface area contributed by atoms with Crippen molar-refractivity contribution < 1.29 is 9.53 Å². The van der Waals surface area contributed by atoms with Crippen LogP contribution in [0.1, 0.15) is 26.2 Å². The zero-order valence-corrected chi connectivity index (χ0v) is 13.7. The molecule has 1 rings (SSSR count). The van der Waals surface area contributed by atoms with Crippen LogP contribution in [0.25, 0.3) is 0 Å². The summed E-state index contributed by atoms with van der Waals surface area (Å²) in [4.78, 5) is 12.6. The number of benzene rings is 1. The van der Waals surface area contributed by atoms with E-state index in [0.29, 0.717) is 6.42 Å². The van der Waals surface area contributed by atoms with Gasteiger partial charge in [0.2, 0.25) is 0 Å². The molecule has 0 aliphatic heterocycles. The summed E-state index contributed by atoms with van der Waals surface area (Å²) >= 11 is 5.23. The first-order valence-corrected chi connectivity index (χ1v) is 7.99. The number of unbranched alkanes of at least 4 members (excludes halogenated alkanes) is 1. The van der Waals surface area contributed by atoms with Gasteiger partial charge in [0.15, 0.2) is 0 Å². The van der Waals surface area contributed by atoms with Gasteiger partial charge in [0, 0.05) is 9.37 Å². The molecule has 3 nitrogen and oxygen atoms in total. The van der Waals surface area contributed by atoms with E-state index in [2.05, 4.69) is 32.8 Å². The number of carbonyl (C=O) groups excluding carboxylic acids is 1. The molecule has 0 spiro atoms. The van der Waals surface area contributed by atoms with Crippen LogP contribution >= 0.6 is 27.7 Å². The summed E-state index contributed by atoms with van der Waals surface area (Å²) in [5.41, 5.74) is 5.03. The fourth-order valence-electron chi connectivity index (χ4n) is 1.65. The second kappa shape index (κ2) is 7.92. The Labute approximate surface area is 127 Å². The first kappa shape index (κ1) is 16.5. The molecule has 0 fully saturated rings. The van der Waals surface area contributed by atoms with Crippen LogP contribution in [0.5, 0.6) is 0 Å². The van der Waals surface area contributed by atoms with Crippen molar-refractivity contribution in [1.82, 2.24) is 0 Å². The first-order valence-electron chi connectivity index (χ1n) is 6.21. The highest BCUT2D eigenvalue weighted by Crippen LogP contribution is 2.22. The van der Waals surface area contributed by atoms with Crippen LogP contribution in [-0.4, -0.2) is 24.4 Å². The number of hydrogen-bond acceptors (Lipinski definition) is 4. The van der Waals surface area contributed by atoms with Crippen LogP contribution in [0, 0.1) is 0 Å². The number of esters is 1. The van der Waals surface area contributed by atoms with E-state index >= 15 is 0 Å². The Morgan fingerprint density at radius 3 is 2.58 bits per heavy atom. The van der Waals surface area contributed by atoms with Gasteiger partial charge in [-0.05, 0) is 49.8 Å². The highest BCUT2D eigenvalue weighted by atomic mass is 79.9. The Morgan fingerprint density at radius 1 is 1.37 bits per heavy atom. The summed E-state index contributed by atoms with van der Waals surface area (Å²) in [5, 5.41) is 0. The van der Waals surface area contributed by atoms with E-state index in [4.69, 9.17) is 5.73 Å². The Hall–Kier alpha value is -0.520. The Balaban J connectivity index is 2.21. The molecule has 0 aliphatic rings. The third kappa shape index (κ3) is 5.97. The standard InChI is InChI=1S/C14H20BrNO2S/c1-14(16,13(17)18-2)9-3-4-10-19-12-7-5-11(15)6-8-12/h5-8H,3-4,9-10,16H2,1-2H3. The average molecular weight is 346 g/mol. The van der Waals surface area contributed by atoms with Gasteiger partial charge in [0.05, 0.1) is 7.11 Å². The number of ether oxygens (including phenoxy) is 1. The summed E-state index contributed by atoms with van der Waals surface area (Å²) < 4.78 is 5.77. The third-order valence-corrected chi connectivity index (χ3v) is 4.45. The number of carbonyl (C=O) groups is 1. The first-order chi connectivity index (χ1) is 8.95. The van der Waals surface area contributed by atoms with E-state index in [-0.39, 0.29) is 5.97 Å². The number of halogens is 1. The fraction of sp³-hybridized carbons (Fsp3) is 0.500. The van der Waals surface area contributed by atoms with Gasteiger partial charge in [-0.25, -0.2) is 0 Å². The lowest BCUT2D eigenvalue weighted by atomic mass is 9.97. The van der Waals surface area contributed by atoms with E-state index in [9.17, 15) is 4.79 Å². The van der Waals surface area contributed by atoms with Gasteiger partial charge < -0.3 is 10.5 Å². The molecule has 0 saturated carbocycles. The molecule has 0 heterocycles. The molecule has 0 aromatic heterocycles. The smallest absolute Gasteiger partial charge is 0.325 e. The molecule has 0 amide bonds. The molecule has 0 bridgehead atoms. The number of thioether (sulfide) groups is 1. The fourth-order valence-corrected chi connectivity index (χ4v) is 2.83. The zero-order chi connectivity index (χ0) is 14.3. The molecular formula is C14H20BrNO2S. The molecule has 1 unspecified atom stereocenters. The van der Waals surface area contributed by atoms with Gasteiger partial charge in [0.1, 0.15) is 5.54 Å². The lowest BCUT2D eigenvalue weighted by Crippen LogP contribution is -2.45. The van der Waals surface area contributed by atoms with Crippen molar-refractivity contribution in [2.24, 2.45) is 5.73 Å². The topological polar surface area (TPSA) is 52.3 Å². The summed E-state index contributed by atoms with van der Waals surface area (Å²) in [5.74, 6) is 0.687. The van der Waals surface area contributed by atoms with Gasteiger partial charge in [0.25, 0.3) is 0 Å². The van der Waals surface area contributed by atoms with Crippen molar-refractivity contribution in [2.75, 3.05) is 12.9 Å². The van der Waals surface area contributed by atoms with Crippen molar-refractivity contribution in [3.8, 4) is 0 Å². The number of nitrogens with two attached hydrogens (primary N) is 1. The summed E-state index contributed by atoms with van der Waals surface area (Å²) in [7, 11) is 1.37. The lowest BCUT2D eigenvalue weighted by Gasteiger charge is -2.20. The van der Waals surface area contributed by atoms with Crippen molar-refractivity contribution in [2.45, 2.75) is 36.6 Å². The summed E-state index contributed by atoms with van der Waals surface area (Å²) in [6.07, 6.45) is 2.61. The van der Waals surface area contributed by atoms with Crippen LogP contribution in [0.4, 0.5) is 0 Å². The second-order valence-corrected chi connectivity index (χ2v) is 6.75. The Kier molecular flexibility index (Phi) is 6.89. The molecule has 1 atom stereocenters. The maximum Gasteiger partial charge on any atom is 0.325 e. The summed E-state index contributed by atoms with van der Waals surface area (Å²) in [6, 6.07) is 8.26. The summed E-state index contributed by atoms with van der Waals surface area (Å²) in [6.45, 7) is 1.72. The highest BCUT2D eigenvalue weighted by Gasteiger charge is 2.28. The maximum absolute atomic E-state index is 11.4. The predicted octanol–water partition coefficient (Wildman–Crippen LogP) is 3.60. The third-order valence-electron chi connectivity index (χ3n) is 2.82. The van der Waals surface area contributed by atoms with Gasteiger partial charge in [-0.2, -0.15) is 0 Å². The second-order valence-electron chi connectivity index (χ2n) is 4.67. The highest BCUT2D eigenvalue weighted by molar-refractivity contribution is 9.10. The molecule has 1 aromatic carbocycles. The molecule has 5 heteroatoms. The van der Waals surface area contributed by atoms with E-state index in [1.54, 1.807) is 6.92 Å². The molecule has 0 radical (unpaired) electrons. The minimum atomic E-state index is -0.864. The molecular weight excluding hydrogens is 326 g/mol. The number of rotatable bonds is 7.